The summed E-state index contributed by atoms with van der Waals surface area (Å²) in [6, 6.07) is 12.2. The van der Waals surface area contributed by atoms with Crippen LogP contribution in [-0.2, 0) is 17.6 Å². The fourth-order valence-corrected chi connectivity index (χ4v) is 4.55. The molecule has 0 unspecified atom stereocenters. The number of carboxylic acids is 2. The van der Waals surface area contributed by atoms with Gasteiger partial charge in [-0.2, -0.15) is 5.12 Å². The molecule has 6 N–H and O–H groups in total. The molecular weight excluding hydrogens is 588 g/mol. The number of hydrazine groups is 2. The molecular formula is C27H22N12O6. The number of carbonyl (C=O) groups excluding carboxylic acids is 2. The maximum atomic E-state index is 12.9. The third kappa shape index (κ3) is 6.15. The molecule has 2 aliphatic rings. The number of benzene rings is 2. The molecule has 2 amide bonds. The van der Waals surface area contributed by atoms with Crippen molar-refractivity contribution in [3.8, 4) is 0 Å². The van der Waals surface area contributed by atoms with Gasteiger partial charge in [-0.25, -0.2) is 15.1 Å². The van der Waals surface area contributed by atoms with Crippen molar-refractivity contribution in [2.75, 3.05) is 10.6 Å². The van der Waals surface area contributed by atoms with E-state index in [1.165, 1.54) is 35.5 Å². The highest BCUT2D eigenvalue weighted by Crippen LogP contribution is 2.23. The fraction of sp³-hybridized carbons (Fsp3) is 0.111. The van der Waals surface area contributed by atoms with Crippen molar-refractivity contribution in [3.05, 3.63) is 88.6 Å². The van der Waals surface area contributed by atoms with Gasteiger partial charge in [-0.15, -0.1) is 30.6 Å². The van der Waals surface area contributed by atoms with Gasteiger partial charge < -0.3 is 20.8 Å². The van der Waals surface area contributed by atoms with Crippen LogP contribution in [0.15, 0.2) is 70.9 Å². The van der Waals surface area contributed by atoms with Crippen LogP contribution in [0.2, 0.25) is 0 Å². The van der Waals surface area contributed by atoms with Gasteiger partial charge in [0.25, 0.3) is 11.8 Å². The average molecular weight is 611 g/mol. The molecule has 0 aliphatic carbocycles. The number of rotatable bonds is 10. The first-order valence-electron chi connectivity index (χ1n) is 13.3. The summed E-state index contributed by atoms with van der Waals surface area (Å²) in [6.45, 7) is 0. The van der Waals surface area contributed by atoms with Crippen LogP contribution in [0.5, 0.6) is 0 Å². The molecule has 0 saturated heterocycles. The Hall–Kier alpha value is -6.56. The van der Waals surface area contributed by atoms with E-state index in [9.17, 15) is 29.4 Å². The van der Waals surface area contributed by atoms with Crippen LogP contribution in [0.25, 0.3) is 5.65 Å². The first-order chi connectivity index (χ1) is 21.7. The molecule has 0 fully saturated rings. The van der Waals surface area contributed by atoms with E-state index in [2.05, 4.69) is 52.5 Å². The lowest BCUT2D eigenvalue weighted by Crippen LogP contribution is -2.40. The number of amidine groups is 1. The lowest BCUT2D eigenvalue weighted by atomic mass is 10.00. The zero-order chi connectivity index (χ0) is 31.5. The van der Waals surface area contributed by atoms with Crippen LogP contribution in [-0.4, -0.2) is 75.9 Å². The van der Waals surface area contributed by atoms with Crippen LogP contribution in [0.1, 0.15) is 48.8 Å². The van der Waals surface area contributed by atoms with E-state index in [4.69, 9.17) is 0 Å². The second kappa shape index (κ2) is 12.0. The van der Waals surface area contributed by atoms with Crippen molar-refractivity contribution in [3.63, 3.8) is 0 Å². The number of aromatic carboxylic acids is 2. The van der Waals surface area contributed by atoms with Gasteiger partial charge in [-0.3, -0.25) is 9.59 Å². The zero-order valence-electron chi connectivity index (χ0n) is 23.0. The average Bonchev–Trinajstić information content (AvgIpc) is 3.70. The Morgan fingerprint density at radius 2 is 1.49 bits per heavy atom. The van der Waals surface area contributed by atoms with E-state index < -0.39 is 23.8 Å². The van der Waals surface area contributed by atoms with Crippen LogP contribution in [0.3, 0.4) is 0 Å². The number of carbonyl (C=O) groups is 4. The number of carboxylic acid groups (broad SMARTS) is 2. The van der Waals surface area contributed by atoms with E-state index in [0.717, 1.165) is 15.8 Å². The largest absolute Gasteiger partial charge is 0.478 e. The topological polar surface area (TPSA) is 241 Å². The Labute approximate surface area is 252 Å². The third-order valence-corrected chi connectivity index (χ3v) is 6.73. The maximum absolute atomic E-state index is 12.9. The van der Waals surface area contributed by atoms with Crippen LogP contribution >= 0.6 is 0 Å². The number of anilines is 2. The first-order valence-corrected chi connectivity index (χ1v) is 13.3. The third-order valence-electron chi connectivity index (χ3n) is 6.73. The number of tetrazole rings is 1. The molecule has 6 rings (SSSR count). The van der Waals surface area contributed by atoms with Crippen molar-refractivity contribution in [2.24, 2.45) is 10.2 Å². The number of fused-ring (bicyclic) bond motifs is 2. The van der Waals surface area contributed by atoms with Crippen molar-refractivity contribution in [1.82, 2.24) is 41.4 Å². The molecule has 45 heavy (non-hydrogen) atoms. The number of nitrogens with one attached hydrogen (secondary N) is 4. The molecule has 0 spiro atoms. The summed E-state index contributed by atoms with van der Waals surface area (Å²) >= 11 is 0. The molecule has 4 aromatic rings. The van der Waals surface area contributed by atoms with Gasteiger partial charge in [0.15, 0.2) is 22.9 Å². The second-order valence-electron chi connectivity index (χ2n) is 9.70. The van der Waals surface area contributed by atoms with Crippen molar-refractivity contribution >= 4 is 52.3 Å². The summed E-state index contributed by atoms with van der Waals surface area (Å²) in [4.78, 5) is 49.4. The van der Waals surface area contributed by atoms with E-state index >= 15 is 0 Å². The highest BCUT2D eigenvalue weighted by molar-refractivity contribution is 6.48. The predicted octanol–water partition coefficient (Wildman–Crippen LogP) is 0.846. The Morgan fingerprint density at radius 3 is 2.16 bits per heavy atom. The van der Waals surface area contributed by atoms with Gasteiger partial charge in [0, 0.05) is 0 Å². The second-order valence-corrected chi connectivity index (χ2v) is 9.70. The van der Waals surface area contributed by atoms with Gasteiger partial charge in [0.05, 0.1) is 22.5 Å². The lowest BCUT2D eigenvalue weighted by molar-refractivity contribution is -0.110. The lowest BCUT2D eigenvalue weighted by Gasteiger charge is -2.16. The summed E-state index contributed by atoms with van der Waals surface area (Å²) in [5, 5.41) is 48.7. The Bertz CT molecular complexity index is 1970. The molecule has 18 heteroatoms. The maximum Gasteiger partial charge on any atom is 0.337 e. The van der Waals surface area contributed by atoms with E-state index in [1.807, 2.05) is 0 Å². The van der Waals surface area contributed by atoms with Gasteiger partial charge >= 0.3 is 11.9 Å². The number of aromatic nitrogens is 5. The van der Waals surface area contributed by atoms with Crippen molar-refractivity contribution in [2.45, 2.75) is 19.3 Å². The summed E-state index contributed by atoms with van der Waals surface area (Å²) < 4.78 is 1.08. The van der Waals surface area contributed by atoms with Gasteiger partial charge in [0.2, 0.25) is 0 Å². The van der Waals surface area contributed by atoms with Crippen molar-refractivity contribution < 1.29 is 29.4 Å². The van der Waals surface area contributed by atoms with Gasteiger partial charge in [-0.05, 0) is 89.4 Å². The number of aryl methyl sites for hydroxylation is 2. The molecule has 0 radical (unpaired) electrons. The van der Waals surface area contributed by atoms with Gasteiger partial charge in [-0.1, -0.05) is 12.1 Å². The Morgan fingerprint density at radius 1 is 0.822 bits per heavy atom. The Balaban J connectivity index is 1.13. The number of hydrogen-bond donors (Lipinski definition) is 6. The standard InChI is InChI=1S/C27H22N12O6/c40-24(18-8-10-22-30-34-36-38(22)32-18)28-20-12-14(4-6-16(20)26(42)43)2-1-3-15-5-7-17(27(44)45)21(13-15)29-25(41)19-9-11-23-31-35-37-39(23)33-19/h4-13,34,36H,1-3H2,(H,28,40)(H,29,41)(H,42,43)(H,44,45). The molecule has 0 bridgehead atoms. The number of amides is 2. The highest BCUT2D eigenvalue weighted by Gasteiger charge is 2.23. The molecule has 2 aromatic carbocycles. The van der Waals surface area contributed by atoms with E-state index in [1.54, 1.807) is 30.3 Å². The molecule has 4 heterocycles. The smallest absolute Gasteiger partial charge is 0.337 e. The molecule has 0 saturated carbocycles. The minimum Gasteiger partial charge on any atom is -0.478 e. The normalized spacial score (nSPS) is 13.5. The quantitative estimate of drug-likeness (QED) is 0.146. The SMILES string of the molecule is O=C(Nc1cc(CCCc2ccc(C(=O)O)c(NC(=O)c3ccc4nnnn4n3)c2)ccc1C(=O)O)C1=NN2NNN=C2C=C1. The molecule has 2 aliphatic heterocycles. The molecule has 2 aromatic heterocycles. The zero-order valence-corrected chi connectivity index (χ0v) is 23.0. The van der Waals surface area contributed by atoms with E-state index in [0.29, 0.717) is 30.7 Å². The summed E-state index contributed by atoms with van der Waals surface area (Å²) in [5.74, 6) is -3.23. The van der Waals surface area contributed by atoms with Gasteiger partial charge in [0.1, 0.15) is 0 Å². The van der Waals surface area contributed by atoms with Crippen LogP contribution < -0.4 is 21.7 Å². The van der Waals surface area contributed by atoms with E-state index in [-0.39, 0.29) is 33.9 Å². The Kier molecular flexibility index (Phi) is 7.60. The molecule has 18 nitrogen and oxygen atoms in total. The minimum atomic E-state index is -1.22. The fourth-order valence-electron chi connectivity index (χ4n) is 4.55. The highest BCUT2D eigenvalue weighted by atomic mass is 16.4. The molecule has 0 atom stereocenters. The number of hydrogen-bond acceptors (Lipinski definition) is 13. The predicted molar refractivity (Wildman–Crippen MR) is 156 cm³/mol. The first kappa shape index (κ1) is 28.6. The number of nitrogens with zero attached hydrogens (tertiary/aromatic N) is 8. The van der Waals surface area contributed by atoms with Crippen LogP contribution in [0.4, 0.5) is 11.4 Å². The van der Waals surface area contributed by atoms with Crippen LogP contribution in [0, 0.1) is 0 Å². The monoisotopic (exact) mass is 610 g/mol. The summed E-state index contributed by atoms with van der Waals surface area (Å²) in [6.07, 6.45) is 4.62. The minimum absolute atomic E-state index is 0.0147. The molecule has 226 valence electrons. The summed E-state index contributed by atoms with van der Waals surface area (Å²) in [5.41, 5.74) is 7.02. The summed E-state index contributed by atoms with van der Waals surface area (Å²) in [7, 11) is 0. The number of hydrazone groups is 2. The van der Waals surface area contributed by atoms with Crippen molar-refractivity contribution in [1.29, 1.82) is 0 Å².